The molecule has 3 aromatic rings. The monoisotopic (exact) mass is 456 g/mol. The molecule has 2 heterocycles. The standard InChI is InChI=1S/C21H20N4O6S/c26-20(14-31-19-10-9-18(25(27)28)17-4-3-11-22-21(17)19)23-15-5-7-16(8-6-15)32(29,30)24-12-1-2-13-24/h3-11H,1-2,12-14H2,(H,23,26). The summed E-state index contributed by atoms with van der Waals surface area (Å²) in [6, 6.07) is 11.8. The topological polar surface area (TPSA) is 132 Å². The number of aromatic nitrogens is 1. The number of benzene rings is 2. The highest BCUT2D eigenvalue weighted by Gasteiger charge is 2.27. The molecule has 0 saturated carbocycles. The van der Waals surface area contributed by atoms with E-state index in [4.69, 9.17) is 4.74 Å². The Bertz CT molecular complexity index is 1270. The Hall–Kier alpha value is -3.57. The maximum Gasteiger partial charge on any atom is 0.279 e. The zero-order chi connectivity index (χ0) is 22.7. The van der Waals surface area contributed by atoms with Crippen molar-refractivity contribution in [1.29, 1.82) is 0 Å². The fraction of sp³-hybridized carbons (Fsp3) is 0.238. The Morgan fingerprint density at radius 2 is 1.84 bits per heavy atom. The lowest BCUT2D eigenvalue weighted by molar-refractivity contribution is -0.383. The highest BCUT2D eigenvalue weighted by molar-refractivity contribution is 7.89. The molecule has 1 aliphatic rings. The summed E-state index contributed by atoms with van der Waals surface area (Å²) in [6.45, 7) is 0.687. The number of sulfonamides is 1. The first-order chi connectivity index (χ1) is 15.4. The minimum atomic E-state index is -3.52. The predicted molar refractivity (Wildman–Crippen MR) is 117 cm³/mol. The van der Waals surface area contributed by atoms with Crippen LogP contribution in [0.15, 0.2) is 59.6 Å². The van der Waals surface area contributed by atoms with Gasteiger partial charge in [-0.2, -0.15) is 4.31 Å². The van der Waals surface area contributed by atoms with Crippen LogP contribution in [-0.4, -0.2) is 48.2 Å². The number of pyridine rings is 1. The second kappa shape index (κ2) is 8.89. The van der Waals surface area contributed by atoms with E-state index in [1.54, 1.807) is 12.1 Å². The summed E-state index contributed by atoms with van der Waals surface area (Å²) < 4.78 is 32.1. The van der Waals surface area contributed by atoms with Crippen molar-refractivity contribution in [1.82, 2.24) is 9.29 Å². The average molecular weight is 456 g/mol. The first kappa shape index (κ1) is 21.7. The first-order valence-corrected chi connectivity index (χ1v) is 11.4. The molecular weight excluding hydrogens is 436 g/mol. The molecule has 1 aromatic heterocycles. The number of nitro groups is 1. The molecule has 1 N–H and O–H groups in total. The van der Waals surface area contributed by atoms with Gasteiger partial charge in [0.15, 0.2) is 6.61 Å². The number of hydrogen-bond acceptors (Lipinski definition) is 7. The van der Waals surface area contributed by atoms with E-state index < -0.39 is 20.9 Å². The van der Waals surface area contributed by atoms with Crippen LogP contribution in [0.1, 0.15) is 12.8 Å². The van der Waals surface area contributed by atoms with Crippen LogP contribution in [0.4, 0.5) is 11.4 Å². The van der Waals surface area contributed by atoms with Gasteiger partial charge in [0.2, 0.25) is 10.0 Å². The number of non-ortho nitro benzene ring substituents is 1. The molecule has 2 aromatic carbocycles. The van der Waals surface area contributed by atoms with Gasteiger partial charge in [-0.3, -0.25) is 19.9 Å². The van der Waals surface area contributed by atoms with E-state index in [0.29, 0.717) is 24.2 Å². The number of fused-ring (bicyclic) bond motifs is 1. The molecule has 4 rings (SSSR count). The largest absolute Gasteiger partial charge is 0.481 e. The third-order valence-electron chi connectivity index (χ3n) is 5.11. The number of hydrogen-bond donors (Lipinski definition) is 1. The van der Waals surface area contributed by atoms with Crippen LogP contribution in [-0.2, 0) is 14.8 Å². The smallest absolute Gasteiger partial charge is 0.279 e. The Kier molecular flexibility index (Phi) is 6.01. The van der Waals surface area contributed by atoms with Crippen molar-refractivity contribution in [3.05, 3.63) is 64.8 Å². The number of carbonyl (C=O) groups excluding carboxylic acids is 1. The number of carbonyl (C=O) groups is 1. The van der Waals surface area contributed by atoms with Gasteiger partial charge in [0.05, 0.1) is 15.2 Å². The van der Waals surface area contributed by atoms with Gasteiger partial charge in [-0.15, -0.1) is 0 Å². The average Bonchev–Trinajstić information content (AvgIpc) is 3.33. The minimum absolute atomic E-state index is 0.103. The Balaban J connectivity index is 1.42. The molecule has 1 amide bonds. The second-order valence-electron chi connectivity index (χ2n) is 7.21. The van der Waals surface area contributed by atoms with Crippen LogP contribution >= 0.6 is 0 Å². The van der Waals surface area contributed by atoms with E-state index in [9.17, 15) is 23.3 Å². The van der Waals surface area contributed by atoms with Gasteiger partial charge < -0.3 is 10.1 Å². The zero-order valence-corrected chi connectivity index (χ0v) is 17.7. The quantitative estimate of drug-likeness (QED) is 0.427. The molecule has 1 aliphatic heterocycles. The predicted octanol–water partition coefficient (Wildman–Crippen LogP) is 2.95. The maximum absolute atomic E-state index is 12.6. The lowest BCUT2D eigenvalue weighted by atomic mass is 10.1. The number of nitrogens with one attached hydrogen (secondary N) is 1. The van der Waals surface area contributed by atoms with E-state index in [1.165, 1.54) is 46.9 Å². The molecule has 1 saturated heterocycles. The number of nitro benzene ring substituents is 1. The van der Waals surface area contributed by atoms with Crippen LogP contribution in [0.5, 0.6) is 5.75 Å². The molecule has 10 nitrogen and oxygen atoms in total. The third kappa shape index (κ3) is 4.39. The highest BCUT2D eigenvalue weighted by atomic mass is 32.2. The molecule has 166 valence electrons. The SMILES string of the molecule is O=C(COc1ccc([N+](=O)[O-])c2cccnc12)Nc1ccc(S(=O)(=O)N2CCCC2)cc1. The zero-order valence-electron chi connectivity index (χ0n) is 16.9. The van der Waals surface area contributed by atoms with Crippen molar-refractivity contribution in [3.8, 4) is 5.75 Å². The van der Waals surface area contributed by atoms with Gasteiger partial charge >= 0.3 is 0 Å². The molecule has 0 aliphatic carbocycles. The van der Waals surface area contributed by atoms with Gasteiger partial charge in [-0.25, -0.2) is 8.42 Å². The molecule has 0 bridgehead atoms. The molecular formula is C21H20N4O6S. The molecule has 32 heavy (non-hydrogen) atoms. The van der Waals surface area contributed by atoms with Gasteiger partial charge in [-0.1, -0.05) is 0 Å². The first-order valence-electron chi connectivity index (χ1n) is 9.91. The Morgan fingerprint density at radius 1 is 1.12 bits per heavy atom. The fourth-order valence-electron chi connectivity index (χ4n) is 3.54. The third-order valence-corrected chi connectivity index (χ3v) is 7.02. The van der Waals surface area contributed by atoms with E-state index >= 15 is 0 Å². The normalized spacial score (nSPS) is 14.4. The van der Waals surface area contributed by atoms with E-state index in [2.05, 4.69) is 10.3 Å². The van der Waals surface area contributed by atoms with Gasteiger partial charge in [0, 0.05) is 31.0 Å². The molecule has 0 unspecified atom stereocenters. The summed E-state index contributed by atoms with van der Waals surface area (Å²) in [5.41, 5.74) is 0.602. The second-order valence-corrected chi connectivity index (χ2v) is 9.15. The lowest BCUT2D eigenvalue weighted by Crippen LogP contribution is -2.27. The summed E-state index contributed by atoms with van der Waals surface area (Å²) in [5, 5.41) is 14.1. The van der Waals surface area contributed by atoms with Crippen LogP contribution < -0.4 is 10.1 Å². The summed E-state index contributed by atoms with van der Waals surface area (Å²) in [4.78, 5) is 27.3. The van der Waals surface area contributed by atoms with Crippen LogP contribution in [0.3, 0.4) is 0 Å². The van der Waals surface area contributed by atoms with Crippen LogP contribution in [0.2, 0.25) is 0 Å². The highest BCUT2D eigenvalue weighted by Crippen LogP contribution is 2.31. The van der Waals surface area contributed by atoms with E-state index in [1.807, 2.05) is 0 Å². The summed E-state index contributed by atoms with van der Waals surface area (Å²) in [7, 11) is -3.52. The van der Waals surface area contributed by atoms with Crippen LogP contribution in [0.25, 0.3) is 10.9 Å². The summed E-state index contributed by atoms with van der Waals surface area (Å²) in [6.07, 6.45) is 3.19. The Labute approximate surface area is 184 Å². The summed E-state index contributed by atoms with van der Waals surface area (Å²) in [5.74, 6) is -0.226. The number of anilines is 1. The van der Waals surface area contributed by atoms with Crippen molar-refractivity contribution in [2.24, 2.45) is 0 Å². The van der Waals surface area contributed by atoms with E-state index in [-0.39, 0.29) is 28.5 Å². The number of amides is 1. The summed E-state index contributed by atoms with van der Waals surface area (Å²) >= 11 is 0. The lowest BCUT2D eigenvalue weighted by Gasteiger charge is -2.15. The van der Waals surface area contributed by atoms with Gasteiger partial charge in [0.1, 0.15) is 11.3 Å². The molecule has 0 spiro atoms. The van der Waals surface area contributed by atoms with Crippen molar-refractivity contribution in [2.75, 3.05) is 25.0 Å². The number of ether oxygens (including phenoxy) is 1. The number of rotatable bonds is 7. The molecule has 0 radical (unpaired) electrons. The number of nitrogens with zero attached hydrogens (tertiary/aromatic N) is 3. The molecule has 11 heteroatoms. The maximum atomic E-state index is 12.6. The van der Waals surface area contributed by atoms with Crippen molar-refractivity contribution in [2.45, 2.75) is 17.7 Å². The minimum Gasteiger partial charge on any atom is -0.481 e. The van der Waals surface area contributed by atoms with Gasteiger partial charge in [-0.05, 0) is 55.3 Å². The van der Waals surface area contributed by atoms with E-state index in [0.717, 1.165) is 12.8 Å². The molecule has 0 atom stereocenters. The fourth-order valence-corrected chi connectivity index (χ4v) is 5.05. The van der Waals surface area contributed by atoms with Gasteiger partial charge in [0.25, 0.3) is 11.6 Å². The molecule has 1 fully saturated rings. The van der Waals surface area contributed by atoms with Crippen LogP contribution in [0, 0.1) is 10.1 Å². The van der Waals surface area contributed by atoms with Crippen molar-refractivity contribution in [3.63, 3.8) is 0 Å². The van der Waals surface area contributed by atoms with Crippen molar-refractivity contribution >= 4 is 38.2 Å². The Morgan fingerprint density at radius 3 is 2.53 bits per heavy atom. The van der Waals surface area contributed by atoms with Crippen molar-refractivity contribution < 1.29 is 22.9 Å².